The summed E-state index contributed by atoms with van der Waals surface area (Å²) in [6, 6.07) is 6.30. The van der Waals surface area contributed by atoms with Crippen molar-refractivity contribution in [3.8, 4) is 5.75 Å². The van der Waals surface area contributed by atoms with Crippen LogP contribution in [0.2, 0.25) is 0 Å². The fourth-order valence-electron chi connectivity index (χ4n) is 3.45. The number of aliphatic hydroxyl groups is 4. The fraction of sp³-hybridized carbons (Fsp3) is 0.474. The highest BCUT2D eigenvalue weighted by Crippen LogP contribution is 2.30. The molecule has 1 aromatic rings. The number of aliphatic hydroxyl groups excluding tert-OH is 4. The standard InChI is InChI=1S/C19H24N2O7S/c1-8-13(9(2)23)14(21-19(29)20-8)10-3-5-11(6-4-10)27-18-17(26)16(25)15(24)12(7-22)28-18/h3-6,12,14-18,22,24-26H,7H2,1-2H3,(H2,20,21,29)/t12-,14?,15-,16-,17-,18-/m1/s1. The molecule has 9 nitrogen and oxygen atoms in total. The average Bonchev–Trinajstić information content (AvgIpc) is 2.68. The highest BCUT2D eigenvalue weighted by molar-refractivity contribution is 7.80. The highest BCUT2D eigenvalue weighted by Gasteiger charge is 2.44. The lowest BCUT2D eigenvalue weighted by atomic mass is 9.93. The largest absolute Gasteiger partial charge is 0.462 e. The van der Waals surface area contributed by atoms with Crippen LogP contribution in [0.3, 0.4) is 0 Å². The summed E-state index contributed by atoms with van der Waals surface area (Å²) >= 11 is 5.19. The number of allylic oxidation sites excluding steroid dienone is 1. The molecule has 0 aliphatic carbocycles. The Kier molecular flexibility index (Phi) is 6.52. The Bertz CT molecular complexity index is 811. The second kappa shape index (κ2) is 8.74. The maximum Gasteiger partial charge on any atom is 0.229 e. The molecule has 0 spiro atoms. The van der Waals surface area contributed by atoms with E-state index in [9.17, 15) is 25.2 Å². The molecule has 0 aromatic heterocycles. The van der Waals surface area contributed by atoms with Crippen molar-refractivity contribution < 1.29 is 34.7 Å². The summed E-state index contributed by atoms with van der Waals surface area (Å²) in [5.41, 5.74) is 2.04. The third kappa shape index (κ3) is 4.42. The zero-order chi connectivity index (χ0) is 21.3. The zero-order valence-corrected chi connectivity index (χ0v) is 16.7. The molecule has 0 saturated carbocycles. The smallest absolute Gasteiger partial charge is 0.229 e. The van der Waals surface area contributed by atoms with Crippen LogP contribution in [0.15, 0.2) is 35.5 Å². The summed E-state index contributed by atoms with van der Waals surface area (Å²) in [5.74, 6) is 0.247. The van der Waals surface area contributed by atoms with Gasteiger partial charge < -0.3 is 40.5 Å². The van der Waals surface area contributed by atoms with Gasteiger partial charge in [-0.15, -0.1) is 0 Å². The number of ether oxygens (including phenoxy) is 2. The molecule has 10 heteroatoms. The zero-order valence-electron chi connectivity index (χ0n) is 15.9. The summed E-state index contributed by atoms with van der Waals surface area (Å²) in [7, 11) is 0. The van der Waals surface area contributed by atoms with Crippen LogP contribution < -0.4 is 15.4 Å². The van der Waals surface area contributed by atoms with Gasteiger partial charge in [0.1, 0.15) is 30.2 Å². The van der Waals surface area contributed by atoms with E-state index in [-0.39, 0.29) is 5.78 Å². The van der Waals surface area contributed by atoms with E-state index in [1.165, 1.54) is 6.92 Å². The minimum Gasteiger partial charge on any atom is -0.462 e. The van der Waals surface area contributed by atoms with Crippen LogP contribution in [0, 0.1) is 0 Å². The van der Waals surface area contributed by atoms with Crippen molar-refractivity contribution in [2.24, 2.45) is 0 Å². The molecule has 29 heavy (non-hydrogen) atoms. The SMILES string of the molecule is CC(=O)C1=C(C)NC(=S)NC1c1ccc(O[C@@H]2O[C@H](CO)[C@@H](O)[C@@H](O)[C@H]2O)cc1. The third-order valence-corrected chi connectivity index (χ3v) is 5.18. The number of benzene rings is 1. The highest BCUT2D eigenvalue weighted by atomic mass is 32.1. The molecule has 1 fully saturated rings. The van der Waals surface area contributed by atoms with E-state index in [0.717, 1.165) is 5.56 Å². The van der Waals surface area contributed by atoms with Gasteiger partial charge in [0.25, 0.3) is 0 Å². The summed E-state index contributed by atoms with van der Waals surface area (Å²) in [5, 5.41) is 45.5. The Hall–Kier alpha value is -2.08. The first-order chi connectivity index (χ1) is 13.7. The molecule has 2 heterocycles. The molecule has 6 atom stereocenters. The number of hydrogen-bond acceptors (Lipinski definition) is 8. The second-order valence-electron chi connectivity index (χ2n) is 7.01. The van der Waals surface area contributed by atoms with E-state index in [4.69, 9.17) is 21.7 Å². The molecule has 2 aliphatic heterocycles. The van der Waals surface area contributed by atoms with Crippen LogP contribution in [0.4, 0.5) is 0 Å². The topological polar surface area (TPSA) is 141 Å². The van der Waals surface area contributed by atoms with Crippen molar-refractivity contribution in [2.75, 3.05) is 6.61 Å². The normalized spacial score (nSPS) is 32.4. The van der Waals surface area contributed by atoms with Gasteiger partial charge in [-0.3, -0.25) is 4.79 Å². The van der Waals surface area contributed by atoms with Gasteiger partial charge in [0.05, 0.1) is 12.6 Å². The van der Waals surface area contributed by atoms with Crippen LogP contribution in [-0.4, -0.2) is 68.6 Å². The molecular formula is C19H24N2O7S. The molecule has 2 aliphatic rings. The summed E-state index contributed by atoms with van der Waals surface area (Å²) in [6.07, 6.45) is -6.78. The lowest BCUT2D eigenvalue weighted by molar-refractivity contribution is -0.277. The number of thiocarbonyl (C=S) groups is 1. The van der Waals surface area contributed by atoms with Gasteiger partial charge >= 0.3 is 0 Å². The molecule has 3 rings (SSSR count). The van der Waals surface area contributed by atoms with Crippen molar-refractivity contribution >= 4 is 23.1 Å². The predicted molar refractivity (Wildman–Crippen MR) is 106 cm³/mol. The Morgan fingerprint density at radius 1 is 1.17 bits per heavy atom. The number of Topliss-reactive ketones (excluding diaryl/α,β-unsaturated/α-hetero) is 1. The molecule has 158 valence electrons. The van der Waals surface area contributed by atoms with E-state index in [0.29, 0.717) is 22.1 Å². The van der Waals surface area contributed by atoms with Gasteiger partial charge in [-0.2, -0.15) is 0 Å². The second-order valence-corrected chi connectivity index (χ2v) is 7.42. The summed E-state index contributed by atoms with van der Waals surface area (Å²) < 4.78 is 10.9. The van der Waals surface area contributed by atoms with Gasteiger partial charge in [-0.1, -0.05) is 12.1 Å². The maximum absolute atomic E-state index is 12.1. The van der Waals surface area contributed by atoms with E-state index in [1.54, 1.807) is 31.2 Å². The monoisotopic (exact) mass is 424 g/mol. The third-order valence-electron chi connectivity index (χ3n) is 4.96. The number of nitrogens with one attached hydrogen (secondary N) is 2. The van der Waals surface area contributed by atoms with Crippen LogP contribution in [0.1, 0.15) is 25.5 Å². The van der Waals surface area contributed by atoms with E-state index in [2.05, 4.69) is 10.6 Å². The molecule has 0 radical (unpaired) electrons. The molecule has 0 bridgehead atoms. The Morgan fingerprint density at radius 3 is 2.41 bits per heavy atom. The van der Waals surface area contributed by atoms with Crippen molar-refractivity contribution in [2.45, 2.75) is 50.6 Å². The van der Waals surface area contributed by atoms with Gasteiger partial charge in [0.2, 0.25) is 6.29 Å². The number of carbonyl (C=O) groups is 1. The quantitative estimate of drug-likeness (QED) is 0.334. The van der Waals surface area contributed by atoms with Crippen LogP contribution >= 0.6 is 12.2 Å². The summed E-state index contributed by atoms with van der Waals surface area (Å²) in [6.45, 7) is 2.73. The van der Waals surface area contributed by atoms with Gasteiger partial charge in [0.15, 0.2) is 10.9 Å². The summed E-state index contributed by atoms with van der Waals surface area (Å²) in [4.78, 5) is 12.1. The van der Waals surface area contributed by atoms with Crippen molar-refractivity contribution in [1.82, 2.24) is 10.6 Å². The van der Waals surface area contributed by atoms with E-state index < -0.39 is 43.4 Å². The molecule has 1 aromatic carbocycles. The van der Waals surface area contributed by atoms with E-state index >= 15 is 0 Å². The van der Waals surface area contributed by atoms with Crippen molar-refractivity contribution in [1.29, 1.82) is 0 Å². The molecule has 6 N–H and O–H groups in total. The molecule has 1 saturated heterocycles. The first kappa shape index (κ1) is 21.6. The number of hydrogen-bond donors (Lipinski definition) is 6. The van der Waals surface area contributed by atoms with Gasteiger partial charge in [0, 0.05) is 11.3 Å². The van der Waals surface area contributed by atoms with Crippen LogP contribution in [-0.2, 0) is 9.53 Å². The van der Waals surface area contributed by atoms with Crippen LogP contribution in [0.25, 0.3) is 0 Å². The predicted octanol–water partition coefficient (Wildman–Crippen LogP) is -0.753. The minimum atomic E-state index is -1.52. The maximum atomic E-state index is 12.1. The minimum absolute atomic E-state index is 0.0864. The van der Waals surface area contributed by atoms with Crippen LogP contribution in [0.5, 0.6) is 5.75 Å². The number of rotatable bonds is 5. The Balaban J connectivity index is 1.77. The molecular weight excluding hydrogens is 400 g/mol. The molecule has 1 unspecified atom stereocenters. The van der Waals surface area contributed by atoms with Gasteiger partial charge in [-0.05, 0) is 43.8 Å². The van der Waals surface area contributed by atoms with Crippen molar-refractivity contribution in [3.05, 3.63) is 41.1 Å². The lowest BCUT2D eigenvalue weighted by Crippen LogP contribution is -2.60. The first-order valence-electron chi connectivity index (χ1n) is 9.09. The number of ketones is 1. The van der Waals surface area contributed by atoms with Crippen molar-refractivity contribution in [3.63, 3.8) is 0 Å². The Labute approximate surface area is 172 Å². The lowest BCUT2D eigenvalue weighted by Gasteiger charge is -2.39. The fourth-order valence-corrected chi connectivity index (χ4v) is 3.72. The first-order valence-corrected chi connectivity index (χ1v) is 9.50. The average molecular weight is 424 g/mol. The van der Waals surface area contributed by atoms with E-state index in [1.807, 2.05) is 0 Å². The number of carbonyl (C=O) groups excluding carboxylic acids is 1. The Morgan fingerprint density at radius 2 is 1.83 bits per heavy atom. The molecule has 0 amide bonds. The van der Waals surface area contributed by atoms with Gasteiger partial charge in [-0.25, -0.2) is 0 Å².